The molecule has 144 valence electrons. The highest BCUT2D eigenvalue weighted by Crippen LogP contribution is 2.28. The Bertz CT molecular complexity index is 919. The van der Waals surface area contributed by atoms with E-state index in [1.807, 2.05) is 42.5 Å². The molecule has 1 aliphatic heterocycles. The molecule has 4 rings (SSSR count). The number of anilines is 1. The number of halogens is 1. The van der Waals surface area contributed by atoms with Crippen LogP contribution >= 0.6 is 35.2 Å². The van der Waals surface area contributed by atoms with E-state index < -0.39 is 0 Å². The Morgan fingerprint density at radius 2 is 1.75 bits per heavy atom. The average molecular weight is 429 g/mol. The van der Waals surface area contributed by atoms with E-state index in [0.717, 1.165) is 59.2 Å². The summed E-state index contributed by atoms with van der Waals surface area (Å²) in [6.07, 6.45) is 0. The van der Waals surface area contributed by atoms with E-state index in [0.29, 0.717) is 0 Å². The number of nitrogens with one attached hydrogen (secondary N) is 1. The van der Waals surface area contributed by atoms with Crippen molar-refractivity contribution in [3.63, 3.8) is 0 Å². The van der Waals surface area contributed by atoms with Crippen LogP contribution in [0.15, 0.2) is 60.0 Å². The van der Waals surface area contributed by atoms with Gasteiger partial charge in [-0.1, -0.05) is 54.1 Å². The molecule has 1 N–H and O–H groups in total. The Kier molecular flexibility index (Phi) is 6.10. The lowest BCUT2D eigenvalue weighted by molar-refractivity contribution is 0.380. The van der Waals surface area contributed by atoms with Crippen LogP contribution in [0.25, 0.3) is 11.3 Å². The van der Waals surface area contributed by atoms with Crippen LogP contribution in [-0.4, -0.2) is 41.2 Å². The largest absolute Gasteiger partial charge is 0.358 e. The normalized spacial score (nSPS) is 14.2. The smallest absolute Gasteiger partial charge is 0.185 e. The number of thiazole rings is 1. The number of piperazine rings is 1. The van der Waals surface area contributed by atoms with Gasteiger partial charge in [-0.2, -0.15) is 0 Å². The summed E-state index contributed by atoms with van der Waals surface area (Å²) in [5, 5.41) is 8.11. The fraction of sp³-hybridized carbons (Fsp3) is 0.238. The van der Waals surface area contributed by atoms with Crippen molar-refractivity contribution in [1.82, 2.24) is 15.2 Å². The van der Waals surface area contributed by atoms with Crippen LogP contribution in [0, 0.1) is 0 Å². The summed E-state index contributed by atoms with van der Waals surface area (Å²) in [5.41, 5.74) is 3.33. The molecule has 3 aromatic rings. The number of benzene rings is 2. The molecular weight excluding hydrogens is 408 g/mol. The molecule has 1 saturated heterocycles. The molecule has 1 aliphatic rings. The minimum absolute atomic E-state index is 0.743. The minimum atomic E-state index is 0.743. The minimum Gasteiger partial charge on any atom is -0.358 e. The van der Waals surface area contributed by atoms with Gasteiger partial charge in [0.2, 0.25) is 0 Å². The number of aromatic nitrogens is 1. The van der Waals surface area contributed by atoms with Gasteiger partial charge in [-0.3, -0.25) is 0 Å². The lowest BCUT2D eigenvalue weighted by atomic mass is 10.2. The van der Waals surface area contributed by atoms with Crippen LogP contribution in [0.2, 0.25) is 5.02 Å². The van der Waals surface area contributed by atoms with Crippen molar-refractivity contribution in [2.75, 3.05) is 31.1 Å². The molecule has 0 spiro atoms. The van der Waals surface area contributed by atoms with Crippen molar-refractivity contribution >= 4 is 45.4 Å². The Morgan fingerprint density at radius 3 is 2.46 bits per heavy atom. The molecule has 1 fully saturated rings. The summed E-state index contributed by atoms with van der Waals surface area (Å²) in [5.74, 6) is 0. The van der Waals surface area contributed by atoms with Gasteiger partial charge in [0.15, 0.2) is 10.2 Å². The summed E-state index contributed by atoms with van der Waals surface area (Å²) in [6.45, 7) is 4.39. The Morgan fingerprint density at radius 1 is 1.04 bits per heavy atom. The number of hydrogen-bond acceptors (Lipinski definition) is 4. The van der Waals surface area contributed by atoms with E-state index in [1.54, 1.807) is 11.3 Å². The highest BCUT2D eigenvalue weighted by atomic mass is 35.5. The van der Waals surface area contributed by atoms with Gasteiger partial charge in [0.25, 0.3) is 0 Å². The second-order valence-electron chi connectivity index (χ2n) is 6.64. The maximum atomic E-state index is 5.98. The third-order valence-electron chi connectivity index (χ3n) is 4.76. The van der Waals surface area contributed by atoms with Crippen LogP contribution in [-0.2, 0) is 6.54 Å². The fourth-order valence-corrected chi connectivity index (χ4v) is 4.42. The average Bonchev–Trinajstić information content (AvgIpc) is 3.24. The second-order valence-corrected chi connectivity index (χ2v) is 8.30. The number of hydrogen-bond donors (Lipinski definition) is 1. The fourth-order valence-electron chi connectivity index (χ4n) is 3.15. The monoisotopic (exact) mass is 428 g/mol. The summed E-state index contributed by atoms with van der Waals surface area (Å²) in [6, 6.07) is 18.2. The van der Waals surface area contributed by atoms with Crippen LogP contribution in [0.1, 0.15) is 5.56 Å². The molecule has 7 heteroatoms. The first kappa shape index (κ1) is 19.2. The van der Waals surface area contributed by atoms with Gasteiger partial charge in [-0.25, -0.2) is 4.98 Å². The number of rotatable bonds is 4. The van der Waals surface area contributed by atoms with Crippen molar-refractivity contribution in [2.24, 2.45) is 0 Å². The molecule has 28 heavy (non-hydrogen) atoms. The van der Waals surface area contributed by atoms with Gasteiger partial charge in [0.1, 0.15) is 0 Å². The highest BCUT2D eigenvalue weighted by Gasteiger charge is 2.21. The summed E-state index contributed by atoms with van der Waals surface area (Å²) in [7, 11) is 0. The zero-order chi connectivity index (χ0) is 19.3. The van der Waals surface area contributed by atoms with E-state index >= 15 is 0 Å². The van der Waals surface area contributed by atoms with Crippen molar-refractivity contribution in [3.05, 3.63) is 70.6 Å². The SMILES string of the molecule is S=C(NCc1ccccc1)N1CCN(c2nc(-c3ccc(Cl)cc3)cs2)CC1. The van der Waals surface area contributed by atoms with Gasteiger partial charge in [-0.05, 0) is 29.9 Å². The van der Waals surface area contributed by atoms with Gasteiger partial charge in [-0.15, -0.1) is 11.3 Å². The maximum absolute atomic E-state index is 5.98. The summed E-state index contributed by atoms with van der Waals surface area (Å²) >= 11 is 13.2. The quantitative estimate of drug-likeness (QED) is 0.611. The molecule has 0 unspecified atom stereocenters. The first-order chi connectivity index (χ1) is 13.7. The predicted molar refractivity (Wildman–Crippen MR) is 122 cm³/mol. The van der Waals surface area contributed by atoms with Crippen molar-refractivity contribution in [1.29, 1.82) is 0 Å². The van der Waals surface area contributed by atoms with Crippen LogP contribution < -0.4 is 10.2 Å². The van der Waals surface area contributed by atoms with E-state index in [4.69, 9.17) is 28.8 Å². The van der Waals surface area contributed by atoms with E-state index in [2.05, 4.69) is 32.6 Å². The molecule has 0 saturated carbocycles. The third kappa shape index (κ3) is 4.63. The van der Waals surface area contributed by atoms with E-state index in [9.17, 15) is 0 Å². The van der Waals surface area contributed by atoms with Crippen molar-refractivity contribution in [3.8, 4) is 11.3 Å². The summed E-state index contributed by atoms with van der Waals surface area (Å²) in [4.78, 5) is 9.39. The zero-order valence-electron chi connectivity index (χ0n) is 15.3. The van der Waals surface area contributed by atoms with Gasteiger partial charge < -0.3 is 15.1 Å². The second kappa shape index (κ2) is 8.90. The van der Waals surface area contributed by atoms with Crippen molar-refractivity contribution in [2.45, 2.75) is 6.54 Å². The molecule has 4 nitrogen and oxygen atoms in total. The van der Waals surface area contributed by atoms with E-state index in [1.165, 1.54) is 5.56 Å². The maximum Gasteiger partial charge on any atom is 0.185 e. The molecule has 0 atom stereocenters. The summed E-state index contributed by atoms with van der Waals surface area (Å²) < 4.78 is 0. The zero-order valence-corrected chi connectivity index (χ0v) is 17.7. The Hall–Kier alpha value is -2.15. The van der Waals surface area contributed by atoms with Crippen LogP contribution in [0.5, 0.6) is 0 Å². The molecule has 0 bridgehead atoms. The Labute approximate surface area is 179 Å². The van der Waals surface area contributed by atoms with Gasteiger partial charge in [0, 0.05) is 48.7 Å². The first-order valence-corrected chi connectivity index (χ1v) is 10.9. The standard InChI is InChI=1S/C21H21ClN4S2/c22-18-8-6-17(7-9-18)19-15-28-21(24-19)26-12-10-25(11-13-26)20(27)23-14-16-4-2-1-3-5-16/h1-9,15H,10-14H2,(H,23,27). The highest BCUT2D eigenvalue weighted by molar-refractivity contribution is 7.80. The van der Waals surface area contributed by atoms with Crippen molar-refractivity contribution < 1.29 is 0 Å². The lowest BCUT2D eigenvalue weighted by Gasteiger charge is -2.36. The number of thiocarbonyl (C=S) groups is 1. The number of nitrogens with zero attached hydrogens (tertiary/aromatic N) is 3. The molecule has 0 radical (unpaired) electrons. The topological polar surface area (TPSA) is 31.4 Å². The van der Waals surface area contributed by atoms with Gasteiger partial charge in [0.05, 0.1) is 5.69 Å². The van der Waals surface area contributed by atoms with E-state index in [-0.39, 0.29) is 0 Å². The molecule has 1 aromatic heterocycles. The van der Waals surface area contributed by atoms with Gasteiger partial charge >= 0.3 is 0 Å². The van der Waals surface area contributed by atoms with Crippen LogP contribution in [0.4, 0.5) is 5.13 Å². The molecule has 0 aliphatic carbocycles. The first-order valence-electron chi connectivity index (χ1n) is 9.22. The third-order valence-corrected chi connectivity index (χ3v) is 6.31. The molecular formula is C21H21ClN4S2. The van der Waals surface area contributed by atoms with Crippen LogP contribution in [0.3, 0.4) is 0 Å². The lowest BCUT2D eigenvalue weighted by Crippen LogP contribution is -2.51. The molecule has 2 heterocycles. The Balaban J connectivity index is 1.30. The predicted octanol–water partition coefficient (Wildman–Crippen LogP) is 4.66. The molecule has 0 amide bonds. The molecule has 2 aromatic carbocycles.